The highest BCUT2D eigenvalue weighted by molar-refractivity contribution is 7.27. The third-order valence-corrected chi connectivity index (χ3v) is 20.3. The van der Waals surface area contributed by atoms with Crippen molar-refractivity contribution in [2.45, 2.75) is 104 Å². The summed E-state index contributed by atoms with van der Waals surface area (Å²) in [7, 11) is 0. The Bertz CT molecular complexity index is 4780. The predicted molar refractivity (Wildman–Crippen MR) is 353 cm³/mol. The summed E-state index contributed by atoms with van der Waals surface area (Å²) in [6.45, 7) is 23.5. The molecule has 5 heterocycles. The highest BCUT2D eigenvalue weighted by Gasteiger charge is 2.48. The molecule has 3 aliphatic rings. The number of anilines is 6. The zero-order valence-electron chi connectivity index (χ0n) is 48.6. The van der Waals surface area contributed by atoms with Crippen LogP contribution >= 0.6 is 11.3 Å². The van der Waals surface area contributed by atoms with Crippen molar-refractivity contribution in [3.05, 3.63) is 216 Å². The fourth-order valence-corrected chi connectivity index (χ4v) is 15.9. The molecule has 0 saturated heterocycles. The first-order valence-corrected chi connectivity index (χ1v) is 30.3. The second-order valence-corrected chi connectivity index (χ2v) is 28.2. The molecule has 0 amide bonds. The van der Waals surface area contributed by atoms with Gasteiger partial charge in [-0.1, -0.05) is 178 Å². The second-order valence-electron chi connectivity index (χ2n) is 27.1. The fraction of sp³-hybridized carbons (Fsp3) is 0.211. The Morgan fingerprint density at radius 1 is 0.463 bits per heavy atom. The lowest BCUT2D eigenvalue weighted by molar-refractivity contribution is 0.332. The van der Waals surface area contributed by atoms with E-state index < -0.39 is 0 Å². The smallest absolute Gasteiger partial charge is 0.257 e. The van der Waals surface area contributed by atoms with Gasteiger partial charge in [-0.2, -0.15) is 0 Å². The quantitative estimate of drug-likeness (QED) is 0.164. The molecule has 400 valence electrons. The van der Waals surface area contributed by atoms with Crippen molar-refractivity contribution in [1.29, 1.82) is 0 Å². The number of aromatic nitrogens is 1. The standard InChI is InChI=1S/C76H66BN3OS/c1-73(2,3)47-29-35-59-54(41-47)55-42-48(74(4,5)6)30-36-60(55)79(59)51-32-34-58-61(44-51)78(49-23-15-12-16-24-49)62-39-46(45-21-13-11-14-22-45)40-63-68(62)77(58)69-70(80(63)50-31-33-56-57(43-50)76(9,10)38-37-75(56,7)8)72-67(53-26-18-20-28-65(53)82-72)66-52-25-17-19-27-64(52)81-71(66)69/h11-36,39-44H,37-38H2,1-10H3. The molecule has 1 aliphatic carbocycles. The number of furan rings is 1. The molecule has 82 heavy (non-hydrogen) atoms. The Balaban J connectivity index is 1.07. The topological polar surface area (TPSA) is 24.6 Å². The van der Waals surface area contributed by atoms with E-state index in [-0.39, 0.29) is 28.4 Å². The van der Waals surface area contributed by atoms with Gasteiger partial charge in [0.1, 0.15) is 11.2 Å². The van der Waals surface area contributed by atoms with Crippen LogP contribution in [0.4, 0.5) is 34.1 Å². The molecule has 0 bridgehead atoms. The first-order valence-electron chi connectivity index (χ1n) is 29.5. The summed E-state index contributed by atoms with van der Waals surface area (Å²) in [5.41, 5.74) is 24.1. The van der Waals surface area contributed by atoms with Gasteiger partial charge in [0.2, 0.25) is 0 Å². The van der Waals surface area contributed by atoms with E-state index in [0.717, 1.165) is 46.5 Å². The van der Waals surface area contributed by atoms with Gasteiger partial charge in [-0.25, -0.2) is 0 Å². The molecule has 3 aromatic heterocycles. The highest BCUT2D eigenvalue weighted by atomic mass is 32.1. The normalized spacial score (nSPS) is 15.5. The molecule has 0 N–H and O–H groups in total. The average molecular weight is 1080 g/mol. The minimum atomic E-state index is -0.211. The van der Waals surface area contributed by atoms with Crippen LogP contribution in [0.2, 0.25) is 0 Å². The van der Waals surface area contributed by atoms with E-state index >= 15 is 0 Å². The molecular formula is C76H66BN3OS. The van der Waals surface area contributed by atoms with Gasteiger partial charge in [0.05, 0.1) is 21.4 Å². The van der Waals surface area contributed by atoms with Gasteiger partial charge in [0.25, 0.3) is 6.71 Å². The Labute approximate surface area is 485 Å². The summed E-state index contributed by atoms with van der Waals surface area (Å²) in [5, 5.41) is 7.43. The van der Waals surface area contributed by atoms with Crippen molar-refractivity contribution in [1.82, 2.24) is 4.57 Å². The van der Waals surface area contributed by atoms with Gasteiger partial charge >= 0.3 is 0 Å². The maximum atomic E-state index is 7.55. The van der Waals surface area contributed by atoms with Crippen LogP contribution in [-0.4, -0.2) is 11.3 Å². The summed E-state index contributed by atoms with van der Waals surface area (Å²) in [4.78, 5) is 5.26. The third-order valence-electron chi connectivity index (χ3n) is 19.1. The van der Waals surface area contributed by atoms with Crippen LogP contribution in [0, 0.1) is 0 Å². The molecule has 0 unspecified atom stereocenters. The summed E-state index contributed by atoms with van der Waals surface area (Å²) < 4.78 is 12.6. The minimum absolute atomic E-state index is 0.0101. The fourth-order valence-electron chi connectivity index (χ4n) is 14.6. The molecule has 6 heteroatoms. The van der Waals surface area contributed by atoms with Crippen LogP contribution in [0.1, 0.15) is 104 Å². The van der Waals surface area contributed by atoms with Crippen molar-refractivity contribution < 1.29 is 4.42 Å². The van der Waals surface area contributed by atoms with Gasteiger partial charge in [-0.3, -0.25) is 0 Å². The van der Waals surface area contributed by atoms with E-state index in [1.54, 1.807) is 0 Å². The maximum absolute atomic E-state index is 7.55. The number of fused-ring (bicyclic) bond motifs is 17. The molecule has 0 spiro atoms. The van der Waals surface area contributed by atoms with E-state index in [4.69, 9.17) is 4.42 Å². The van der Waals surface area contributed by atoms with Crippen molar-refractivity contribution in [3.8, 4) is 16.8 Å². The highest BCUT2D eigenvalue weighted by Crippen LogP contribution is 2.55. The van der Waals surface area contributed by atoms with Crippen molar-refractivity contribution in [2.24, 2.45) is 0 Å². The van der Waals surface area contributed by atoms with Crippen LogP contribution in [0.25, 0.3) is 80.7 Å². The number of thiophene rings is 1. The first kappa shape index (κ1) is 49.5. The van der Waals surface area contributed by atoms with Crippen molar-refractivity contribution in [3.63, 3.8) is 0 Å². The lowest BCUT2D eigenvalue weighted by Crippen LogP contribution is -2.61. The van der Waals surface area contributed by atoms with Crippen molar-refractivity contribution in [2.75, 3.05) is 9.80 Å². The molecule has 0 radical (unpaired) electrons. The Morgan fingerprint density at radius 2 is 1.06 bits per heavy atom. The van der Waals surface area contributed by atoms with Crippen LogP contribution in [0.3, 0.4) is 0 Å². The largest absolute Gasteiger partial charge is 0.456 e. The molecule has 0 saturated carbocycles. The summed E-state index contributed by atoms with van der Waals surface area (Å²) in [5.74, 6) is 0. The average Bonchev–Trinajstić information content (AvgIpc) is 1.28. The predicted octanol–water partition coefficient (Wildman–Crippen LogP) is 19.7. The van der Waals surface area contributed by atoms with Crippen molar-refractivity contribution >= 4 is 132 Å². The zero-order chi connectivity index (χ0) is 55.9. The van der Waals surface area contributed by atoms with E-state index in [1.807, 2.05) is 11.3 Å². The lowest BCUT2D eigenvalue weighted by atomic mass is 9.33. The molecule has 4 nitrogen and oxygen atoms in total. The SMILES string of the molecule is CC(C)(C)c1ccc2c(c1)c1cc(C(C)(C)C)ccc1n2-c1ccc2c(c1)N(c1ccccc1)c1cc(-c3ccccc3)cc3c1B2c1c(c2sc4ccccc4c2c2c1oc1ccccc12)N3c1ccc2c(c1)C(C)(C)CCC2(C)C. The second kappa shape index (κ2) is 17.1. The van der Waals surface area contributed by atoms with Crippen LogP contribution < -0.4 is 26.2 Å². The molecule has 16 rings (SSSR count). The Hall–Kier alpha value is -8.32. The maximum Gasteiger partial charge on any atom is 0.257 e. The molecule has 13 aromatic rings. The van der Waals surface area contributed by atoms with Gasteiger partial charge in [0, 0.05) is 71.1 Å². The summed E-state index contributed by atoms with van der Waals surface area (Å²) in [6.07, 6.45) is 2.28. The number of hydrogen-bond acceptors (Lipinski definition) is 4. The van der Waals surface area contributed by atoms with Gasteiger partial charge in [-0.15, -0.1) is 11.3 Å². The van der Waals surface area contributed by atoms with Crippen LogP contribution in [0.15, 0.2) is 199 Å². The third kappa shape index (κ3) is 7.09. The van der Waals surface area contributed by atoms with E-state index in [9.17, 15) is 0 Å². The Kier molecular flexibility index (Phi) is 10.3. The van der Waals surface area contributed by atoms with Gasteiger partial charge in [0.15, 0.2) is 0 Å². The van der Waals surface area contributed by atoms with Crippen LogP contribution in [-0.2, 0) is 21.7 Å². The lowest BCUT2D eigenvalue weighted by Gasteiger charge is -2.46. The van der Waals surface area contributed by atoms with Crippen LogP contribution in [0.5, 0.6) is 0 Å². The Morgan fingerprint density at radius 3 is 1.74 bits per heavy atom. The van der Waals surface area contributed by atoms with E-state index in [0.29, 0.717) is 0 Å². The molecule has 2 aliphatic heterocycles. The number of hydrogen-bond donors (Lipinski definition) is 0. The zero-order valence-corrected chi connectivity index (χ0v) is 49.4. The molecule has 0 fully saturated rings. The summed E-state index contributed by atoms with van der Waals surface area (Å²) in [6, 6.07) is 74.2. The molecular weight excluding hydrogens is 1010 g/mol. The number of rotatable bonds is 4. The van der Waals surface area contributed by atoms with E-state index in [1.165, 1.54) is 120 Å². The molecule has 0 atom stereocenters. The minimum Gasteiger partial charge on any atom is -0.456 e. The first-order chi connectivity index (χ1) is 39.4. The summed E-state index contributed by atoms with van der Waals surface area (Å²) >= 11 is 1.93. The number of benzene rings is 10. The molecule has 10 aromatic carbocycles. The number of nitrogens with zero attached hydrogens (tertiary/aromatic N) is 3. The van der Waals surface area contributed by atoms with E-state index in [2.05, 4.69) is 278 Å². The van der Waals surface area contributed by atoms with Gasteiger partial charge < -0.3 is 18.8 Å². The monoisotopic (exact) mass is 1080 g/mol. The number of para-hydroxylation sites is 2. The van der Waals surface area contributed by atoms with Gasteiger partial charge in [-0.05, 0) is 169 Å².